The maximum atomic E-state index is 10.1. The summed E-state index contributed by atoms with van der Waals surface area (Å²) in [7, 11) is 1.53. The van der Waals surface area contributed by atoms with E-state index in [1.165, 1.54) is 7.11 Å². The monoisotopic (exact) mass is 251 g/mol. The minimum absolute atomic E-state index is 0.118. The van der Waals surface area contributed by atoms with Gasteiger partial charge in [0.15, 0.2) is 11.5 Å². The fraction of sp³-hybridized carbons (Fsp3) is 0.0625. The molecule has 94 valence electrons. The standard InChI is InChI=1S/C16H13NO2/c1-19-15-8-4-6-12(16(15)18)14-10-9-11-5-2-3-7-13(11)17-14/h2-10,18H,1H3. The molecule has 0 aliphatic carbocycles. The number of methoxy groups -OCH3 is 1. The van der Waals surface area contributed by atoms with E-state index in [2.05, 4.69) is 4.98 Å². The third-order valence-electron chi connectivity index (χ3n) is 3.09. The molecule has 0 bridgehead atoms. The van der Waals surface area contributed by atoms with E-state index in [9.17, 15) is 5.11 Å². The van der Waals surface area contributed by atoms with E-state index >= 15 is 0 Å². The van der Waals surface area contributed by atoms with Crippen molar-refractivity contribution in [2.75, 3.05) is 7.11 Å². The van der Waals surface area contributed by atoms with Gasteiger partial charge in [-0.1, -0.05) is 30.3 Å². The van der Waals surface area contributed by atoms with Gasteiger partial charge in [0, 0.05) is 10.9 Å². The number of ether oxygens (including phenoxy) is 1. The van der Waals surface area contributed by atoms with Crippen LogP contribution in [0.1, 0.15) is 0 Å². The molecular weight excluding hydrogens is 238 g/mol. The van der Waals surface area contributed by atoms with E-state index < -0.39 is 0 Å². The Labute approximate surface area is 111 Å². The van der Waals surface area contributed by atoms with Crippen molar-refractivity contribution < 1.29 is 9.84 Å². The zero-order valence-corrected chi connectivity index (χ0v) is 10.5. The summed E-state index contributed by atoms with van der Waals surface area (Å²) < 4.78 is 5.12. The van der Waals surface area contributed by atoms with Gasteiger partial charge < -0.3 is 9.84 Å². The van der Waals surface area contributed by atoms with Gasteiger partial charge in [-0.05, 0) is 24.3 Å². The zero-order valence-electron chi connectivity index (χ0n) is 10.5. The number of phenolic OH excluding ortho intramolecular Hbond substituents is 1. The molecule has 1 heterocycles. The lowest BCUT2D eigenvalue weighted by Gasteiger charge is -2.08. The molecule has 2 aromatic carbocycles. The quantitative estimate of drug-likeness (QED) is 0.756. The zero-order chi connectivity index (χ0) is 13.2. The highest BCUT2D eigenvalue weighted by Crippen LogP contribution is 2.36. The number of hydrogen-bond donors (Lipinski definition) is 1. The van der Waals surface area contributed by atoms with Gasteiger partial charge in [-0.25, -0.2) is 4.98 Å². The van der Waals surface area contributed by atoms with Crippen LogP contribution in [0.5, 0.6) is 11.5 Å². The molecule has 3 nitrogen and oxygen atoms in total. The first kappa shape index (κ1) is 11.5. The lowest BCUT2D eigenvalue weighted by atomic mass is 10.1. The second-order valence-electron chi connectivity index (χ2n) is 4.25. The van der Waals surface area contributed by atoms with E-state index in [0.717, 1.165) is 16.6 Å². The topological polar surface area (TPSA) is 42.4 Å². The SMILES string of the molecule is COc1cccc(-c2ccc3ccccc3n2)c1O. The number of benzene rings is 2. The molecule has 0 unspecified atom stereocenters. The predicted octanol–water partition coefficient (Wildman–Crippen LogP) is 3.62. The van der Waals surface area contributed by atoms with Crippen LogP contribution < -0.4 is 4.74 Å². The number of aromatic hydroxyl groups is 1. The van der Waals surface area contributed by atoms with Gasteiger partial charge in [-0.3, -0.25) is 0 Å². The van der Waals surface area contributed by atoms with Crippen molar-refractivity contribution in [1.82, 2.24) is 4.98 Å². The van der Waals surface area contributed by atoms with E-state index in [-0.39, 0.29) is 5.75 Å². The molecule has 0 fully saturated rings. The second-order valence-corrected chi connectivity index (χ2v) is 4.25. The molecule has 3 rings (SSSR count). The van der Waals surface area contributed by atoms with Gasteiger partial charge in [0.05, 0.1) is 18.3 Å². The van der Waals surface area contributed by atoms with Crippen molar-refractivity contribution >= 4 is 10.9 Å². The Hall–Kier alpha value is -2.55. The van der Waals surface area contributed by atoms with Crippen LogP contribution in [0.3, 0.4) is 0 Å². The van der Waals surface area contributed by atoms with Crippen molar-refractivity contribution in [1.29, 1.82) is 0 Å². The van der Waals surface area contributed by atoms with E-state index in [1.54, 1.807) is 6.07 Å². The van der Waals surface area contributed by atoms with Gasteiger partial charge >= 0.3 is 0 Å². The summed E-state index contributed by atoms with van der Waals surface area (Å²) >= 11 is 0. The summed E-state index contributed by atoms with van der Waals surface area (Å²) in [6.07, 6.45) is 0. The Bertz CT molecular complexity index is 738. The summed E-state index contributed by atoms with van der Waals surface area (Å²) in [6.45, 7) is 0. The molecule has 1 N–H and O–H groups in total. The molecule has 3 heteroatoms. The summed E-state index contributed by atoms with van der Waals surface area (Å²) in [5.74, 6) is 0.570. The molecule has 0 amide bonds. The Balaban J connectivity index is 2.19. The lowest BCUT2D eigenvalue weighted by molar-refractivity contribution is 0.374. The van der Waals surface area contributed by atoms with Gasteiger partial charge in [-0.15, -0.1) is 0 Å². The Morgan fingerprint density at radius 3 is 2.63 bits per heavy atom. The predicted molar refractivity (Wildman–Crippen MR) is 75.4 cm³/mol. The van der Waals surface area contributed by atoms with Gasteiger partial charge in [0.25, 0.3) is 0 Å². The molecule has 0 aliphatic heterocycles. The van der Waals surface area contributed by atoms with Crippen LogP contribution in [0.2, 0.25) is 0 Å². The normalized spacial score (nSPS) is 10.6. The number of aromatic nitrogens is 1. The molecule has 0 spiro atoms. The summed E-state index contributed by atoms with van der Waals surface area (Å²) in [5, 5.41) is 11.2. The highest BCUT2D eigenvalue weighted by molar-refractivity contribution is 5.82. The van der Waals surface area contributed by atoms with Gasteiger partial charge in [0.1, 0.15) is 0 Å². The van der Waals surface area contributed by atoms with Crippen LogP contribution in [0.4, 0.5) is 0 Å². The van der Waals surface area contributed by atoms with Crippen molar-refractivity contribution in [2.45, 2.75) is 0 Å². The van der Waals surface area contributed by atoms with E-state index in [0.29, 0.717) is 11.3 Å². The Morgan fingerprint density at radius 2 is 1.79 bits per heavy atom. The fourth-order valence-electron chi connectivity index (χ4n) is 2.11. The van der Waals surface area contributed by atoms with Crippen LogP contribution in [-0.4, -0.2) is 17.2 Å². The largest absolute Gasteiger partial charge is 0.504 e. The smallest absolute Gasteiger partial charge is 0.167 e. The number of pyridine rings is 1. The second kappa shape index (κ2) is 4.61. The molecule has 0 atom stereocenters. The number of hydrogen-bond acceptors (Lipinski definition) is 3. The lowest BCUT2D eigenvalue weighted by Crippen LogP contribution is -1.89. The molecule has 0 saturated carbocycles. The average Bonchev–Trinajstić information content (AvgIpc) is 2.47. The summed E-state index contributed by atoms with van der Waals surface area (Å²) in [6, 6.07) is 17.2. The molecular formula is C16H13NO2. The molecule has 0 radical (unpaired) electrons. The minimum atomic E-state index is 0.118. The number of rotatable bonds is 2. The van der Waals surface area contributed by atoms with Crippen LogP contribution >= 0.6 is 0 Å². The van der Waals surface area contributed by atoms with Crippen molar-refractivity contribution in [3.8, 4) is 22.8 Å². The van der Waals surface area contributed by atoms with Crippen LogP contribution in [0, 0.1) is 0 Å². The average molecular weight is 251 g/mol. The first-order chi connectivity index (χ1) is 9.29. The van der Waals surface area contributed by atoms with Crippen LogP contribution in [-0.2, 0) is 0 Å². The van der Waals surface area contributed by atoms with Gasteiger partial charge in [0.2, 0.25) is 0 Å². The van der Waals surface area contributed by atoms with Crippen molar-refractivity contribution in [3.63, 3.8) is 0 Å². The minimum Gasteiger partial charge on any atom is -0.504 e. The molecule has 19 heavy (non-hydrogen) atoms. The number of para-hydroxylation sites is 2. The molecule has 0 saturated heterocycles. The van der Waals surface area contributed by atoms with Gasteiger partial charge in [-0.2, -0.15) is 0 Å². The highest BCUT2D eigenvalue weighted by atomic mass is 16.5. The summed E-state index contributed by atoms with van der Waals surface area (Å²) in [5.41, 5.74) is 2.31. The van der Waals surface area contributed by atoms with E-state index in [1.807, 2.05) is 48.5 Å². The number of nitrogens with zero attached hydrogens (tertiary/aromatic N) is 1. The molecule has 0 aliphatic rings. The van der Waals surface area contributed by atoms with Crippen LogP contribution in [0.25, 0.3) is 22.2 Å². The first-order valence-electron chi connectivity index (χ1n) is 6.02. The Kier molecular flexibility index (Phi) is 2.80. The highest BCUT2D eigenvalue weighted by Gasteiger charge is 2.10. The third kappa shape index (κ3) is 1.99. The van der Waals surface area contributed by atoms with E-state index in [4.69, 9.17) is 4.74 Å². The first-order valence-corrected chi connectivity index (χ1v) is 6.02. The molecule has 1 aromatic heterocycles. The molecule has 3 aromatic rings. The van der Waals surface area contributed by atoms with Crippen molar-refractivity contribution in [3.05, 3.63) is 54.6 Å². The fourth-order valence-corrected chi connectivity index (χ4v) is 2.11. The number of fused-ring (bicyclic) bond motifs is 1. The summed E-state index contributed by atoms with van der Waals surface area (Å²) in [4.78, 5) is 4.57. The maximum Gasteiger partial charge on any atom is 0.167 e. The number of phenols is 1. The Morgan fingerprint density at radius 1 is 0.947 bits per heavy atom. The third-order valence-corrected chi connectivity index (χ3v) is 3.09. The van der Waals surface area contributed by atoms with Crippen molar-refractivity contribution in [2.24, 2.45) is 0 Å². The van der Waals surface area contributed by atoms with Crippen LogP contribution in [0.15, 0.2) is 54.6 Å². The maximum absolute atomic E-state index is 10.1.